The van der Waals surface area contributed by atoms with Crippen molar-refractivity contribution in [2.75, 3.05) is 31.7 Å². The molecule has 1 N–H and O–H groups in total. The zero-order valence-corrected chi connectivity index (χ0v) is 10.4. The van der Waals surface area contributed by atoms with Crippen LogP contribution in [-0.2, 0) is 4.74 Å². The van der Waals surface area contributed by atoms with Gasteiger partial charge >= 0.3 is 0 Å². The lowest BCUT2D eigenvalue weighted by Gasteiger charge is -2.09. The van der Waals surface area contributed by atoms with Crippen LogP contribution in [0.2, 0.25) is 0 Å². The molecule has 0 amide bonds. The molecule has 0 aliphatic heterocycles. The summed E-state index contributed by atoms with van der Waals surface area (Å²) in [5, 5.41) is 2.96. The highest BCUT2D eigenvalue weighted by Gasteiger charge is 2.03. The second kappa shape index (κ2) is 7.75. The third-order valence-corrected chi connectivity index (χ3v) is 1.90. The summed E-state index contributed by atoms with van der Waals surface area (Å²) in [6.07, 6.45) is -2.43. The summed E-state index contributed by atoms with van der Waals surface area (Å²) < 4.78 is 33.6. The van der Waals surface area contributed by atoms with Crippen molar-refractivity contribution in [3.05, 3.63) is 11.9 Å². The summed E-state index contributed by atoms with van der Waals surface area (Å²) in [5.74, 6) is 1.66. The van der Waals surface area contributed by atoms with E-state index in [-0.39, 0.29) is 6.61 Å². The van der Waals surface area contributed by atoms with Crippen LogP contribution in [-0.4, -0.2) is 42.8 Å². The SMILES string of the molecule is CCOc1cc(NCCOCC(F)F)nc(C)n1. The van der Waals surface area contributed by atoms with Gasteiger partial charge in [-0.15, -0.1) is 0 Å². The Kier molecular flexibility index (Phi) is 6.27. The van der Waals surface area contributed by atoms with Crippen LogP contribution >= 0.6 is 0 Å². The molecule has 7 heteroatoms. The number of ether oxygens (including phenoxy) is 2. The maximum Gasteiger partial charge on any atom is 0.261 e. The summed E-state index contributed by atoms with van der Waals surface area (Å²) in [4.78, 5) is 8.23. The highest BCUT2D eigenvalue weighted by atomic mass is 19.3. The quantitative estimate of drug-likeness (QED) is 0.724. The fourth-order valence-corrected chi connectivity index (χ4v) is 1.28. The second-order valence-electron chi connectivity index (χ2n) is 3.46. The molecule has 1 aromatic heterocycles. The molecule has 0 aliphatic rings. The number of rotatable bonds is 8. The van der Waals surface area contributed by atoms with E-state index in [9.17, 15) is 8.78 Å². The van der Waals surface area contributed by atoms with Gasteiger partial charge in [-0.25, -0.2) is 13.8 Å². The minimum absolute atomic E-state index is 0.192. The molecule has 0 aromatic carbocycles. The third-order valence-electron chi connectivity index (χ3n) is 1.90. The maximum atomic E-state index is 11.8. The Morgan fingerprint density at radius 2 is 2.17 bits per heavy atom. The van der Waals surface area contributed by atoms with Crippen molar-refractivity contribution in [1.29, 1.82) is 0 Å². The van der Waals surface area contributed by atoms with Gasteiger partial charge in [-0.1, -0.05) is 0 Å². The number of halogens is 2. The molecule has 0 aliphatic carbocycles. The molecule has 0 spiro atoms. The van der Waals surface area contributed by atoms with Crippen LogP contribution in [0.3, 0.4) is 0 Å². The zero-order valence-electron chi connectivity index (χ0n) is 10.4. The number of alkyl halides is 2. The van der Waals surface area contributed by atoms with E-state index in [1.807, 2.05) is 6.92 Å². The molecule has 1 rings (SSSR count). The largest absolute Gasteiger partial charge is 0.478 e. The van der Waals surface area contributed by atoms with Crippen LogP contribution in [0.5, 0.6) is 5.88 Å². The number of hydrogen-bond donors (Lipinski definition) is 1. The van der Waals surface area contributed by atoms with Gasteiger partial charge in [0.05, 0.1) is 13.2 Å². The first-order valence-electron chi connectivity index (χ1n) is 5.70. The molecule has 1 heterocycles. The Labute approximate surface area is 105 Å². The van der Waals surface area contributed by atoms with Crippen molar-refractivity contribution >= 4 is 5.82 Å². The van der Waals surface area contributed by atoms with Gasteiger partial charge in [-0.05, 0) is 13.8 Å². The van der Waals surface area contributed by atoms with E-state index in [2.05, 4.69) is 15.3 Å². The lowest BCUT2D eigenvalue weighted by atomic mass is 10.5. The highest BCUT2D eigenvalue weighted by Crippen LogP contribution is 2.12. The number of anilines is 1. The molecule has 0 saturated heterocycles. The van der Waals surface area contributed by atoms with Gasteiger partial charge in [0.1, 0.15) is 18.2 Å². The van der Waals surface area contributed by atoms with E-state index in [0.29, 0.717) is 30.7 Å². The standard InChI is InChI=1S/C11H17F2N3O2/c1-3-18-11-6-10(15-8(2)16-11)14-4-5-17-7-9(12)13/h6,9H,3-5,7H2,1-2H3,(H,14,15,16). The average molecular weight is 261 g/mol. The van der Waals surface area contributed by atoms with Gasteiger partial charge < -0.3 is 14.8 Å². The fraction of sp³-hybridized carbons (Fsp3) is 0.636. The Bertz CT molecular complexity index is 364. The normalized spacial score (nSPS) is 10.7. The topological polar surface area (TPSA) is 56.3 Å². The number of hydrogen-bond acceptors (Lipinski definition) is 5. The van der Waals surface area contributed by atoms with Crippen LogP contribution in [0.4, 0.5) is 14.6 Å². The molecular weight excluding hydrogens is 244 g/mol. The zero-order chi connectivity index (χ0) is 13.4. The van der Waals surface area contributed by atoms with E-state index in [4.69, 9.17) is 9.47 Å². The molecule has 0 unspecified atom stereocenters. The Hall–Kier alpha value is -1.50. The number of nitrogens with zero attached hydrogens (tertiary/aromatic N) is 2. The van der Waals surface area contributed by atoms with Gasteiger partial charge in [0.2, 0.25) is 5.88 Å². The molecular formula is C11H17F2N3O2. The van der Waals surface area contributed by atoms with E-state index in [1.165, 1.54) is 0 Å². The van der Waals surface area contributed by atoms with Crippen LogP contribution in [0, 0.1) is 6.92 Å². The van der Waals surface area contributed by atoms with Crippen molar-refractivity contribution < 1.29 is 18.3 Å². The average Bonchev–Trinajstić information content (AvgIpc) is 2.28. The van der Waals surface area contributed by atoms with Crippen molar-refractivity contribution in [3.8, 4) is 5.88 Å². The summed E-state index contributed by atoms with van der Waals surface area (Å²) in [7, 11) is 0. The van der Waals surface area contributed by atoms with Crippen molar-refractivity contribution in [2.24, 2.45) is 0 Å². The summed E-state index contributed by atoms with van der Waals surface area (Å²) in [6, 6.07) is 1.66. The van der Waals surface area contributed by atoms with Crippen molar-refractivity contribution in [2.45, 2.75) is 20.3 Å². The first-order chi connectivity index (χ1) is 8.61. The number of aromatic nitrogens is 2. The lowest BCUT2D eigenvalue weighted by Crippen LogP contribution is -2.14. The van der Waals surface area contributed by atoms with Gasteiger partial charge in [0.15, 0.2) is 0 Å². The van der Waals surface area contributed by atoms with Crippen LogP contribution in [0.25, 0.3) is 0 Å². The summed E-state index contributed by atoms with van der Waals surface area (Å²) in [5.41, 5.74) is 0. The first-order valence-corrected chi connectivity index (χ1v) is 5.70. The van der Waals surface area contributed by atoms with E-state index >= 15 is 0 Å². The molecule has 102 valence electrons. The molecule has 0 bridgehead atoms. The molecule has 0 saturated carbocycles. The van der Waals surface area contributed by atoms with Crippen LogP contribution in [0.15, 0.2) is 6.07 Å². The Morgan fingerprint density at radius 1 is 1.39 bits per heavy atom. The molecule has 0 radical (unpaired) electrons. The summed E-state index contributed by atoms with van der Waals surface area (Å²) >= 11 is 0. The van der Waals surface area contributed by atoms with Crippen molar-refractivity contribution in [1.82, 2.24) is 9.97 Å². The first kappa shape index (κ1) is 14.6. The minimum atomic E-state index is -2.43. The molecule has 18 heavy (non-hydrogen) atoms. The van der Waals surface area contributed by atoms with E-state index in [0.717, 1.165) is 0 Å². The van der Waals surface area contributed by atoms with Crippen molar-refractivity contribution in [3.63, 3.8) is 0 Å². The highest BCUT2D eigenvalue weighted by molar-refractivity contribution is 5.38. The van der Waals surface area contributed by atoms with Crippen LogP contribution in [0.1, 0.15) is 12.7 Å². The monoisotopic (exact) mass is 261 g/mol. The summed E-state index contributed by atoms with van der Waals surface area (Å²) in [6.45, 7) is 4.18. The molecule has 5 nitrogen and oxygen atoms in total. The van der Waals surface area contributed by atoms with Gasteiger partial charge in [-0.2, -0.15) is 4.98 Å². The Morgan fingerprint density at radius 3 is 2.83 bits per heavy atom. The van der Waals surface area contributed by atoms with Gasteiger partial charge in [0, 0.05) is 12.6 Å². The van der Waals surface area contributed by atoms with Gasteiger partial charge in [-0.3, -0.25) is 0 Å². The predicted molar refractivity (Wildman–Crippen MR) is 63.3 cm³/mol. The third kappa shape index (κ3) is 5.72. The second-order valence-corrected chi connectivity index (χ2v) is 3.46. The minimum Gasteiger partial charge on any atom is -0.478 e. The smallest absolute Gasteiger partial charge is 0.261 e. The van der Waals surface area contributed by atoms with Crippen LogP contribution < -0.4 is 10.1 Å². The predicted octanol–water partition coefficient (Wildman–Crippen LogP) is 1.88. The lowest BCUT2D eigenvalue weighted by molar-refractivity contribution is 0.0215. The number of nitrogens with one attached hydrogen (secondary N) is 1. The fourth-order valence-electron chi connectivity index (χ4n) is 1.28. The molecule has 0 atom stereocenters. The molecule has 1 aromatic rings. The Balaban J connectivity index is 2.37. The van der Waals surface area contributed by atoms with E-state index < -0.39 is 13.0 Å². The van der Waals surface area contributed by atoms with Gasteiger partial charge in [0.25, 0.3) is 6.43 Å². The maximum absolute atomic E-state index is 11.8. The number of aryl methyl sites for hydroxylation is 1. The molecule has 0 fully saturated rings. The van der Waals surface area contributed by atoms with E-state index in [1.54, 1.807) is 13.0 Å².